The van der Waals surface area contributed by atoms with Crippen LogP contribution in [0.25, 0.3) is 17.4 Å². The zero-order valence-corrected chi connectivity index (χ0v) is 21.9. The maximum absolute atomic E-state index is 13.1. The lowest BCUT2D eigenvalue weighted by Gasteiger charge is -2.39. The van der Waals surface area contributed by atoms with Crippen LogP contribution in [0.1, 0.15) is 18.4 Å². The first-order chi connectivity index (χ1) is 19.7. The van der Waals surface area contributed by atoms with Gasteiger partial charge in [-0.1, -0.05) is 0 Å². The number of hydrogen-bond acceptors (Lipinski definition) is 11. The van der Waals surface area contributed by atoms with E-state index in [0.717, 1.165) is 38.5 Å². The number of nitrogen functional groups attached to an aromatic ring is 1. The third-order valence-electron chi connectivity index (χ3n) is 7.49. The molecule has 2 fully saturated rings. The lowest BCUT2D eigenvalue weighted by molar-refractivity contribution is -0.384. The van der Waals surface area contributed by atoms with Crippen molar-refractivity contribution in [2.24, 2.45) is 5.92 Å². The number of hydrogen-bond donors (Lipinski definition) is 1. The summed E-state index contributed by atoms with van der Waals surface area (Å²) in [6, 6.07) is 6.20. The van der Waals surface area contributed by atoms with Crippen LogP contribution >= 0.6 is 0 Å². The van der Waals surface area contributed by atoms with Crippen molar-refractivity contribution in [3.05, 3.63) is 52.3 Å². The number of piperazine rings is 1. The van der Waals surface area contributed by atoms with E-state index in [1.807, 2.05) is 0 Å². The van der Waals surface area contributed by atoms with Gasteiger partial charge >= 0.3 is 6.18 Å². The molecule has 2 saturated heterocycles. The van der Waals surface area contributed by atoms with E-state index in [4.69, 9.17) is 10.2 Å². The number of rotatable bonds is 6. The summed E-state index contributed by atoms with van der Waals surface area (Å²) in [5, 5.41) is 15.9. The topological polar surface area (TPSA) is 148 Å². The average Bonchev–Trinajstić information content (AvgIpc) is 3.63. The molecule has 4 aromatic rings. The van der Waals surface area contributed by atoms with E-state index >= 15 is 0 Å². The Bertz CT molecular complexity index is 1550. The Labute approximate surface area is 231 Å². The first-order valence-electron chi connectivity index (χ1n) is 13.2. The number of nitrogens with two attached hydrogens (primary N) is 1. The van der Waals surface area contributed by atoms with Gasteiger partial charge in [0, 0.05) is 51.9 Å². The summed E-state index contributed by atoms with van der Waals surface area (Å²) < 4.78 is 46.0. The SMILES string of the molecule is Nc1nc(N2CCCC(CN3CCN(c4ccc(C(F)(F)F)cc4[N+](=O)[O-])CC3)C2)nc2nc(-c3ccco3)nn12. The van der Waals surface area contributed by atoms with Crippen LogP contribution in [0.15, 0.2) is 41.0 Å². The smallest absolute Gasteiger partial charge is 0.416 e. The van der Waals surface area contributed by atoms with E-state index in [9.17, 15) is 23.3 Å². The molecule has 13 nitrogen and oxygen atoms in total. The van der Waals surface area contributed by atoms with Crippen molar-refractivity contribution >= 4 is 29.0 Å². The summed E-state index contributed by atoms with van der Waals surface area (Å²) in [7, 11) is 0. The fourth-order valence-electron chi connectivity index (χ4n) is 5.49. The number of anilines is 3. The molecule has 16 heteroatoms. The van der Waals surface area contributed by atoms with E-state index < -0.39 is 22.4 Å². The first kappa shape index (κ1) is 26.7. The Morgan fingerprint density at radius 2 is 1.88 bits per heavy atom. The number of piperidine rings is 1. The minimum absolute atomic E-state index is 0.172. The Morgan fingerprint density at radius 3 is 2.59 bits per heavy atom. The number of fused-ring (bicyclic) bond motifs is 1. The maximum Gasteiger partial charge on any atom is 0.416 e. The van der Waals surface area contributed by atoms with E-state index in [-0.39, 0.29) is 11.6 Å². The predicted octanol–water partition coefficient (Wildman–Crippen LogP) is 3.33. The molecule has 0 spiro atoms. The maximum atomic E-state index is 13.1. The number of nitrogens with zero attached hydrogens (tertiary/aromatic N) is 9. The van der Waals surface area contributed by atoms with Crippen LogP contribution in [0.4, 0.5) is 36.4 Å². The minimum atomic E-state index is -4.64. The van der Waals surface area contributed by atoms with Crippen LogP contribution in [0, 0.1) is 16.0 Å². The van der Waals surface area contributed by atoms with Gasteiger partial charge in [-0.2, -0.15) is 32.6 Å². The molecule has 1 unspecified atom stereocenters. The Hall–Kier alpha value is -4.47. The highest BCUT2D eigenvalue weighted by molar-refractivity contribution is 5.65. The number of benzene rings is 1. The summed E-state index contributed by atoms with van der Waals surface area (Å²) in [6.45, 7) is 4.53. The molecule has 41 heavy (non-hydrogen) atoms. The number of alkyl halides is 3. The van der Waals surface area contributed by atoms with Crippen molar-refractivity contribution in [1.29, 1.82) is 0 Å². The Kier molecular flexibility index (Phi) is 6.84. The third kappa shape index (κ3) is 5.46. The highest BCUT2D eigenvalue weighted by atomic mass is 19.4. The molecule has 2 aliphatic heterocycles. The van der Waals surface area contributed by atoms with Gasteiger partial charge in [-0.3, -0.25) is 15.0 Å². The van der Waals surface area contributed by atoms with E-state index in [2.05, 4.69) is 29.9 Å². The lowest BCUT2D eigenvalue weighted by Crippen LogP contribution is -2.50. The predicted molar refractivity (Wildman–Crippen MR) is 142 cm³/mol. The molecule has 0 bridgehead atoms. The van der Waals surface area contributed by atoms with Crippen LogP contribution in [-0.2, 0) is 6.18 Å². The normalized spacial score (nSPS) is 18.8. The van der Waals surface area contributed by atoms with Crippen LogP contribution in [0.2, 0.25) is 0 Å². The van der Waals surface area contributed by atoms with Gasteiger partial charge in [0.1, 0.15) is 5.69 Å². The van der Waals surface area contributed by atoms with Crippen LogP contribution < -0.4 is 15.5 Å². The van der Waals surface area contributed by atoms with Crippen molar-refractivity contribution in [3.8, 4) is 11.6 Å². The zero-order chi connectivity index (χ0) is 28.7. The highest BCUT2D eigenvalue weighted by Gasteiger charge is 2.34. The molecule has 5 heterocycles. The van der Waals surface area contributed by atoms with Gasteiger partial charge in [0.05, 0.1) is 16.7 Å². The van der Waals surface area contributed by atoms with E-state index in [1.54, 1.807) is 17.0 Å². The molecule has 1 atom stereocenters. The molecule has 0 saturated carbocycles. The van der Waals surface area contributed by atoms with Gasteiger partial charge < -0.3 is 20.0 Å². The number of nitro groups is 1. The summed E-state index contributed by atoms with van der Waals surface area (Å²) in [5.41, 5.74) is 4.83. The third-order valence-corrected chi connectivity index (χ3v) is 7.49. The van der Waals surface area contributed by atoms with Crippen molar-refractivity contribution in [2.45, 2.75) is 19.0 Å². The molecule has 0 aliphatic carbocycles. The molecule has 1 aromatic carbocycles. The number of halogens is 3. The molecule has 6 rings (SSSR count). The average molecular weight is 573 g/mol. The van der Waals surface area contributed by atoms with Crippen LogP contribution in [-0.4, -0.2) is 80.2 Å². The zero-order valence-electron chi connectivity index (χ0n) is 21.9. The Morgan fingerprint density at radius 1 is 1.07 bits per heavy atom. The van der Waals surface area contributed by atoms with E-state index in [1.165, 1.54) is 16.8 Å². The first-order valence-corrected chi connectivity index (χ1v) is 13.2. The molecule has 0 radical (unpaired) electrons. The van der Waals surface area contributed by atoms with Crippen LogP contribution in [0.5, 0.6) is 0 Å². The second-order valence-corrected chi connectivity index (χ2v) is 10.2. The summed E-state index contributed by atoms with van der Waals surface area (Å²) >= 11 is 0. The van der Waals surface area contributed by atoms with Gasteiger partial charge in [-0.05, 0) is 43.0 Å². The number of aromatic nitrogens is 5. The van der Waals surface area contributed by atoms with Crippen LogP contribution in [0.3, 0.4) is 0 Å². The van der Waals surface area contributed by atoms with Gasteiger partial charge in [0.25, 0.3) is 11.5 Å². The van der Waals surface area contributed by atoms with E-state index in [0.29, 0.717) is 61.5 Å². The van der Waals surface area contributed by atoms with Gasteiger partial charge in [0.2, 0.25) is 17.7 Å². The quantitative estimate of drug-likeness (QED) is 0.268. The molecular weight excluding hydrogens is 545 g/mol. The second-order valence-electron chi connectivity index (χ2n) is 10.2. The summed E-state index contributed by atoms with van der Waals surface area (Å²) in [6.07, 6.45) is -1.14. The number of nitro benzene ring substituents is 1. The number of furan rings is 1. The van der Waals surface area contributed by atoms with Crippen molar-refractivity contribution in [3.63, 3.8) is 0 Å². The highest BCUT2D eigenvalue weighted by Crippen LogP contribution is 2.37. The minimum Gasteiger partial charge on any atom is -0.461 e. The summed E-state index contributed by atoms with van der Waals surface area (Å²) in [4.78, 5) is 30.4. The second kappa shape index (κ2) is 10.5. The summed E-state index contributed by atoms with van der Waals surface area (Å²) in [5.74, 6) is 2.18. The molecule has 2 N–H and O–H groups in total. The fraction of sp³-hybridized carbons (Fsp3) is 0.440. The molecule has 216 valence electrons. The monoisotopic (exact) mass is 572 g/mol. The van der Waals surface area contributed by atoms with Crippen molar-refractivity contribution < 1.29 is 22.5 Å². The largest absolute Gasteiger partial charge is 0.461 e. The fourth-order valence-corrected chi connectivity index (χ4v) is 5.49. The Balaban J connectivity index is 1.09. The molecule has 2 aliphatic rings. The van der Waals surface area contributed by atoms with Crippen molar-refractivity contribution in [1.82, 2.24) is 29.5 Å². The molecule has 3 aromatic heterocycles. The van der Waals surface area contributed by atoms with Gasteiger partial charge in [-0.15, -0.1) is 5.10 Å². The lowest BCUT2D eigenvalue weighted by atomic mass is 9.97. The van der Waals surface area contributed by atoms with Gasteiger partial charge in [-0.25, -0.2) is 0 Å². The molecule has 0 amide bonds. The van der Waals surface area contributed by atoms with Crippen molar-refractivity contribution in [2.75, 3.05) is 61.3 Å². The standard InChI is InChI=1S/C25H27F3N10O3/c26-25(27,28)17-5-6-18(19(13-17)38(39)40)35-10-8-34(9-11-35)14-16-3-1-7-36(15-16)23-31-22(29)37-24(32-23)30-21(33-37)20-4-2-12-41-20/h2,4-6,12-13,16H,1,3,7-11,14-15H2,(H2,29,30,31,32,33). The molecular formula is C25H27F3N10O3. The van der Waals surface area contributed by atoms with Gasteiger partial charge in [0.15, 0.2) is 5.76 Å².